The Balaban J connectivity index is 1.65. The van der Waals surface area contributed by atoms with E-state index < -0.39 is 11.8 Å². The summed E-state index contributed by atoms with van der Waals surface area (Å²) in [4.78, 5) is 40.9. The fraction of sp³-hybridized carbons (Fsp3) is 0.611. The first-order valence-corrected chi connectivity index (χ1v) is 8.83. The molecular formula is C18H26N4O4. The molecule has 2 aliphatic heterocycles. The highest BCUT2D eigenvalue weighted by Crippen LogP contribution is 2.10. The molecule has 2 heterocycles. The second-order valence-corrected chi connectivity index (χ2v) is 6.28. The standard InChI is InChI=1S/C18H26N4O4/c1-3-5-19-6-14-26-18(25)22-12-9-20(10-13-22)8-11-21-7-4-16(23)17(24)15(21)2/h1,4,7,15,19H,5-6,8-14H2,2H3. The predicted octanol–water partition coefficient (Wildman–Crippen LogP) is -0.681. The lowest BCUT2D eigenvalue weighted by molar-refractivity contribution is -0.137. The molecule has 1 N–H and O–H groups in total. The first-order valence-electron chi connectivity index (χ1n) is 8.83. The lowest BCUT2D eigenvalue weighted by Crippen LogP contribution is -2.51. The van der Waals surface area contributed by atoms with E-state index in [1.165, 1.54) is 6.08 Å². The number of terminal acetylenes is 1. The van der Waals surface area contributed by atoms with Crippen LogP contribution in [0.25, 0.3) is 0 Å². The van der Waals surface area contributed by atoms with Crippen molar-refractivity contribution >= 4 is 17.7 Å². The quantitative estimate of drug-likeness (QED) is 0.365. The average molecular weight is 362 g/mol. The Kier molecular flexibility index (Phi) is 7.63. The van der Waals surface area contributed by atoms with Gasteiger partial charge < -0.3 is 19.9 Å². The van der Waals surface area contributed by atoms with Gasteiger partial charge in [-0.3, -0.25) is 14.5 Å². The number of piperazine rings is 1. The SMILES string of the molecule is C#CCNCCOC(=O)N1CCN(CCN2C=CC(=O)C(=O)C2C)CC1. The molecule has 8 heteroatoms. The summed E-state index contributed by atoms with van der Waals surface area (Å²) in [5.41, 5.74) is 0. The Hall–Kier alpha value is -2.37. The Labute approximate surface area is 154 Å². The van der Waals surface area contributed by atoms with Gasteiger partial charge in [0.1, 0.15) is 6.61 Å². The summed E-state index contributed by atoms with van der Waals surface area (Å²) in [5, 5.41) is 2.96. The third-order valence-electron chi connectivity index (χ3n) is 4.57. The van der Waals surface area contributed by atoms with Crippen molar-refractivity contribution in [3.63, 3.8) is 0 Å². The molecule has 1 fully saturated rings. The highest BCUT2D eigenvalue weighted by atomic mass is 16.6. The van der Waals surface area contributed by atoms with Crippen LogP contribution >= 0.6 is 0 Å². The number of ether oxygens (including phenoxy) is 1. The van der Waals surface area contributed by atoms with Gasteiger partial charge in [-0.25, -0.2) is 4.79 Å². The molecule has 1 unspecified atom stereocenters. The van der Waals surface area contributed by atoms with Crippen molar-refractivity contribution in [1.82, 2.24) is 20.0 Å². The molecule has 142 valence electrons. The number of carbonyl (C=O) groups excluding carboxylic acids is 3. The van der Waals surface area contributed by atoms with Crippen molar-refractivity contribution in [2.45, 2.75) is 13.0 Å². The van der Waals surface area contributed by atoms with Crippen LogP contribution in [0.3, 0.4) is 0 Å². The van der Waals surface area contributed by atoms with Gasteiger partial charge in [0, 0.05) is 58.1 Å². The van der Waals surface area contributed by atoms with Gasteiger partial charge in [0.25, 0.3) is 0 Å². The zero-order chi connectivity index (χ0) is 18.9. The third-order valence-corrected chi connectivity index (χ3v) is 4.57. The smallest absolute Gasteiger partial charge is 0.409 e. The molecule has 0 saturated carbocycles. The Morgan fingerprint density at radius 3 is 2.73 bits per heavy atom. The lowest BCUT2D eigenvalue weighted by atomic mass is 10.1. The van der Waals surface area contributed by atoms with Crippen molar-refractivity contribution in [2.24, 2.45) is 0 Å². The minimum atomic E-state index is -0.435. The highest BCUT2D eigenvalue weighted by molar-refractivity contribution is 6.43. The van der Waals surface area contributed by atoms with Crippen LogP contribution in [-0.2, 0) is 14.3 Å². The number of carbonyl (C=O) groups is 3. The molecule has 0 aromatic carbocycles. The molecule has 1 atom stereocenters. The van der Waals surface area contributed by atoms with E-state index in [-0.39, 0.29) is 11.9 Å². The van der Waals surface area contributed by atoms with Gasteiger partial charge in [-0.2, -0.15) is 0 Å². The van der Waals surface area contributed by atoms with E-state index in [1.54, 1.807) is 18.0 Å². The summed E-state index contributed by atoms with van der Waals surface area (Å²) >= 11 is 0. The molecule has 1 saturated heterocycles. The van der Waals surface area contributed by atoms with E-state index >= 15 is 0 Å². The van der Waals surface area contributed by atoms with Gasteiger partial charge >= 0.3 is 6.09 Å². The maximum atomic E-state index is 12.0. The number of ketones is 2. The summed E-state index contributed by atoms with van der Waals surface area (Å²) in [6, 6.07) is -0.410. The molecule has 0 aliphatic carbocycles. The lowest BCUT2D eigenvalue weighted by Gasteiger charge is -2.36. The second-order valence-electron chi connectivity index (χ2n) is 6.28. The van der Waals surface area contributed by atoms with Crippen molar-refractivity contribution in [3.05, 3.63) is 12.3 Å². The molecule has 1 amide bonds. The van der Waals surface area contributed by atoms with Crippen molar-refractivity contribution < 1.29 is 19.1 Å². The van der Waals surface area contributed by atoms with E-state index in [2.05, 4.69) is 16.1 Å². The molecule has 0 spiro atoms. The fourth-order valence-electron chi connectivity index (χ4n) is 2.87. The minimum absolute atomic E-state index is 0.298. The molecule has 0 radical (unpaired) electrons. The monoisotopic (exact) mass is 362 g/mol. The average Bonchev–Trinajstić information content (AvgIpc) is 2.65. The molecule has 0 aromatic heterocycles. The van der Waals surface area contributed by atoms with Crippen molar-refractivity contribution in [3.8, 4) is 12.3 Å². The summed E-state index contributed by atoms with van der Waals surface area (Å²) < 4.78 is 5.20. The Bertz CT molecular complexity index is 590. The zero-order valence-corrected chi connectivity index (χ0v) is 15.1. The molecule has 8 nitrogen and oxygen atoms in total. The molecule has 2 aliphatic rings. The second kappa shape index (κ2) is 9.94. The van der Waals surface area contributed by atoms with Gasteiger partial charge in [-0.05, 0) is 6.92 Å². The van der Waals surface area contributed by atoms with E-state index in [9.17, 15) is 14.4 Å². The van der Waals surface area contributed by atoms with E-state index in [4.69, 9.17) is 11.2 Å². The van der Waals surface area contributed by atoms with Crippen LogP contribution in [0.2, 0.25) is 0 Å². The number of hydrogen-bond donors (Lipinski definition) is 1. The highest BCUT2D eigenvalue weighted by Gasteiger charge is 2.28. The number of allylic oxidation sites excluding steroid dienone is 1. The number of hydrogen-bond acceptors (Lipinski definition) is 7. The Morgan fingerprint density at radius 1 is 1.31 bits per heavy atom. The molecule has 0 bridgehead atoms. The summed E-state index contributed by atoms with van der Waals surface area (Å²) in [6.07, 6.45) is 7.84. The van der Waals surface area contributed by atoms with Gasteiger partial charge in [0.05, 0.1) is 12.6 Å². The first-order chi connectivity index (χ1) is 12.5. The number of nitrogens with one attached hydrogen (secondary N) is 1. The van der Waals surface area contributed by atoms with Gasteiger partial charge in [0.2, 0.25) is 11.6 Å². The van der Waals surface area contributed by atoms with Crippen molar-refractivity contribution in [1.29, 1.82) is 0 Å². The van der Waals surface area contributed by atoms with Gasteiger partial charge in [-0.15, -0.1) is 6.42 Å². The van der Waals surface area contributed by atoms with Crippen LogP contribution in [0.5, 0.6) is 0 Å². The summed E-state index contributed by atoms with van der Waals surface area (Å²) in [7, 11) is 0. The van der Waals surface area contributed by atoms with Crippen LogP contribution in [0, 0.1) is 12.3 Å². The summed E-state index contributed by atoms with van der Waals surface area (Å²) in [6.45, 7) is 7.21. The molecule has 2 rings (SSSR count). The van der Waals surface area contributed by atoms with Crippen LogP contribution in [0.4, 0.5) is 4.79 Å². The molecule has 0 aromatic rings. The zero-order valence-electron chi connectivity index (χ0n) is 15.1. The topological polar surface area (TPSA) is 82.2 Å². The van der Waals surface area contributed by atoms with Crippen LogP contribution in [0.1, 0.15) is 6.92 Å². The molecular weight excluding hydrogens is 336 g/mol. The van der Waals surface area contributed by atoms with Crippen LogP contribution in [0.15, 0.2) is 12.3 Å². The maximum absolute atomic E-state index is 12.0. The third kappa shape index (κ3) is 5.58. The first kappa shape index (κ1) is 19.9. The van der Waals surface area contributed by atoms with Crippen LogP contribution < -0.4 is 5.32 Å². The normalized spacial score (nSPS) is 21.0. The van der Waals surface area contributed by atoms with Crippen molar-refractivity contribution in [2.75, 3.05) is 59.0 Å². The largest absolute Gasteiger partial charge is 0.448 e. The Morgan fingerprint density at radius 2 is 2.04 bits per heavy atom. The number of nitrogens with zero attached hydrogens (tertiary/aromatic N) is 3. The number of amides is 1. The van der Waals surface area contributed by atoms with E-state index in [0.29, 0.717) is 39.3 Å². The van der Waals surface area contributed by atoms with Crippen LogP contribution in [-0.4, -0.2) is 97.4 Å². The van der Waals surface area contributed by atoms with Gasteiger partial charge in [0.15, 0.2) is 0 Å². The minimum Gasteiger partial charge on any atom is -0.448 e. The van der Waals surface area contributed by atoms with E-state index in [1.807, 2.05) is 4.90 Å². The predicted molar refractivity (Wildman–Crippen MR) is 96.4 cm³/mol. The van der Waals surface area contributed by atoms with Gasteiger partial charge in [-0.1, -0.05) is 5.92 Å². The summed E-state index contributed by atoms with van der Waals surface area (Å²) in [5.74, 6) is 1.66. The number of Topliss-reactive ketones (excluding diaryl/α,β-unsaturated/α-hetero) is 1. The number of rotatable bonds is 7. The maximum Gasteiger partial charge on any atom is 0.409 e. The molecule has 26 heavy (non-hydrogen) atoms. The van der Waals surface area contributed by atoms with E-state index in [0.717, 1.165) is 19.6 Å². The fourth-order valence-corrected chi connectivity index (χ4v) is 2.87.